The van der Waals surface area contributed by atoms with Crippen molar-refractivity contribution in [3.05, 3.63) is 84.2 Å². The second-order valence-corrected chi connectivity index (χ2v) is 13.7. The zero-order valence-corrected chi connectivity index (χ0v) is 29.2. The van der Waals surface area contributed by atoms with Crippen molar-refractivity contribution in [1.82, 2.24) is 20.2 Å². The van der Waals surface area contributed by atoms with Gasteiger partial charge in [-0.2, -0.15) is 0 Å². The molecule has 5 rings (SSSR count). The number of anilines is 1. The maximum atomic E-state index is 13.0. The second-order valence-electron chi connectivity index (χ2n) is 13.7. The summed E-state index contributed by atoms with van der Waals surface area (Å²) in [5, 5.41) is 12.0. The van der Waals surface area contributed by atoms with Gasteiger partial charge in [0.2, 0.25) is 17.7 Å². The van der Waals surface area contributed by atoms with E-state index in [4.69, 9.17) is 0 Å². The summed E-state index contributed by atoms with van der Waals surface area (Å²) in [5.41, 5.74) is 4.49. The van der Waals surface area contributed by atoms with E-state index in [1.54, 1.807) is 30.3 Å². The van der Waals surface area contributed by atoms with Crippen LogP contribution < -0.4 is 10.2 Å². The Hall–Kier alpha value is -4.86. The number of hydrogen-bond acceptors (Lipinski definition) is 6. The molecule has 1 saturated carbocycles. The van der Waals surface area contributed by atoms with E-state index in [-0.39, 0.29) is 19.0 Å². The quantitative estimate of drug-likeness (QED) is 0.198. The van der Waals surface area contributed by atoms with Gasteiger partial charge in [-0.25, -0.2) is 9.97 Å². The molecule has 3 amide bonds. The summed E-state index contributed by atoms with van der Waals surface area (Å²) < 4.78 is 0. The fraction of sp³-hybridized carbons (Fsp3) is 0.450. The highest BCUT2D eigenvalue weighted by Crippen LogP contribution is 2.42. The van der Waals surface area contributed by atoms with Gasteiger partial charge in [0.15, 0.2) is 5.82 Å². The smallest absolute Gasteiger partial charge is 0.323 e. The summed E-state index contributed by atoms with van der Waals surface area (Å²) in [6, 6.07) is 16.1. The molecule has 0 spiro atoms. The summed E-state index contributed by atoms with van der Waals surface area (Å²) >= 11 is 0. The maximum Gasteiger partial charge on any atom is 0.323 e. The Labute approximate surface area is 295 Å². The molecule has 264 valence electrons. The van der Waals surface area contributed by atoms with Crippen LogP contribution >= 0.6 is 0 Å². The number of carbonyl (C=O) groups excluding carboxylic acids is 3. The molecular formula is C40H49N5O5. The molecule has 1 heterocycles. The number of amides is 3. The van der Waals surface area contributed by atoms with E-state index in [1.165, 1.54) is 67.2 Å². The van der Waals surface area contributed by atoms with Crippen LogP contribution in [0.3, 0.4) is 0 Å². The highest BCUT2D eigenvalue weighted by atomic mass is 16.4. The van der Waals surface area contributed by atoms with Gasteiger partial charge < -0.3 is 20.2 Å². The summed E-state index contributed by atoms with van der Waals surface area (Å²) in [4.78, 5) is 61.1. The monoisotopic (exact) mass is 679 g/mol. The summed E-state index contributed by atoms with van der Waals surface area (Å²) in [6.45, 7) is 2.50. The first-order chi connectivity index (χ1) is 24.2. The molecule has 1 atom stereocenters. The van der Waals surface area contributed by atoms with E-state index in [1.807, 2.05) is 36.7 Å². The van der Waals surface area contributed by atoms with Gasteiger partial charge in [-0.05, 0) is 73.1 Å². The Bertz CT molecular complexity index is 1630. The highest BCUT2D eigenvalue weighted by Gasteiger charge is 2.28. The molecular weight excluding hydrogens is 630 g/mol. The fourth-order valence-electron chi connectivity index (χ4n) is 7.40. The van der Waals surface area contributed by atoms with Gasteiger partial charge in [0, 0.05) is 42.7 Å². The molecule has 1 unspecified atom stereocenters. The Morgan fingerprint density at radius 2 is 1.56 bits per heavy atom. The average Bonchev–Trinajstić information content (AvgIpc) is 3.13. The van der Waals surface area contributed by atoms with E-state index >= 15 is 0 Å². The van der Waals surface area contributed by atoms with Crippen molar-refractivity contribution in [2.45, 2.75) is 78.2 Å². The van der Waals surface area contributed by atoms with E-state index in [9.17, 15) is 24.3 Å². The van der Waals surface area contributed by atoms with Crippen LogP contribution in [-0.4, -0.2) is 63.3 Å². The molecule has 2 N–H and O–H groups in total. The Morgan fingerprint density at radius 3 is 2.16 bits per heavy atom. The lowest BCUT2D eigenvalue weighted by Gasteiger charge is -2.35. The lowest BCUT2D eigenvalue weighted by molar-refractivity contribution is -0.144. The van der Waals surface area contributed by atoms with Gasteiger partial charge in [-0.15, -0.1) is 0 Å². The topological polar surface area (TPSA) is 133 Å². The van der Waals surface area contributed by atoms with Gasteiger partial charge >= 0.3 is 5.97 Å². The fourth-order valence-corrected chi connectivity index (χ4v) is 7.40. The van der Waals surface area contributed by atoms with Crippen molar-refractivity contribution in [2.75, 3.05) is 24.5 Å². The SMILES string of the molecule is CCCC1CCC(C2CC=C(c3cnc(-c4ccc(CN(CC(=O)O)C(=O)CNC(=O)CN(C(C)=O)c5ccccc5)cc4)nc3)CC2)CC1. The van der Waals surface area contributed by atoms with E-state index in [0.29, 0.717) is 11.5 Å². The number of rotatable bonds is 14. The molecule has 1 fully saturated rings. The van der Waals surface area contributed by atoms with Crippen molar-refractivity contribution < 1.29 is 24.3 Å². The number of aliphatic carboxylic acids is 1. The van der Waals surface area contributed by atoms with Crippen LogP contribution in [-0.2, 0) is 25.7 Å². The first-order valence-electron chi connectivity index (χ1n) is 17.9. The predicted molar refractivity (Wildman–Crippen MR) is 194 cm³/mol. The van der Waals surface area contributed by atoms with Crippen LogP contribution in [0.4, 0.5) is 5.69 Å². The molecule has 50 heavy (non-hydrogen) atoms. The zero-order valence-electron chi connectivity index (χ0n) is 29.2. The minimum absolute atomic E-state index is 0.0417. The van der Waals surface area contributed by atoms with Crippen LogP contribution in [0.2, 0.25) is 0 Å². The van der Waals surface area contributed by atoms with Crippen LogP contribution in [0.5, 0.6) is 0 Å². The summed E-state index contributed by atoms with van der Waals surface area (Å²) in [7, 11) is 0. The van der Waals surface area contributed by atoms with Crippen LogP contribution in [0.15, 0.2) is 73.1 Å². The molecule has 2 aliphatic rings. The third kappa shape index (κ3) is 10.1. The van der Waals surface area contributed by atoms with Crippen LogP contribution in [0, 0.1) is 17.8 Å². The van der Waals surface area contributed by atoms with Crippen molar-refractivity contribution in [1.29, 1.82) is 0 Å². The van der Waals surface area contributed by atoms with Crippen LogP contribution in [0.1, 0.15) is 82.8 Å². The number of hydrogen-bond donors (Lipinski definition) is 2. The third-order valence-electron chi connectivity index (χ3n) is 10.2. The number of para-hydroxylation sites is 1. The molecule has 0 radical (unpaired) electrons. The van der Waals surface area contributed by atoms with Crippen molar-refractivity contribution in [3.8, 4) is 11.4 Å². The predicted octanol–water partition coefficient (Wildman–Crippen LogP) is 6.52. The van der Waals surface area contributed by atoms with Gasteiger partial charge in [0.1, 0.15) is 13.1 Å². The number of carboxylic acids is 1. The molecule has 10 heteroatoms. The molecule has 2 aliphatic carbocycles. The molecule has 1 aromatic heterocycles. The number of allylic oxidation sites excluding steroid dienone is 2. The minimum atomic E-state index is -1.17. The number of carboxylic acid groups (broad SMARTS) is 1. The standard InChI is InChI=1S/C40H49N5O5/c1-3-7-29-10-14-31(15-11-29)32-18-20-33(21-19-32)35-22-42-40(43-23-35)34-16-12-30(13-17-34)25-44(27-39(49)50)38(48)24-41-37(47)26-45(28(2)46)36-8-5-4-6-9-36/h4-6,8-9,12-13,16-17,20,22-23,29,31-32H,3,7,10-11,14-15,18-19,21,24-27H2,1-2H3,(H,41,47)(H,49,50). The zero-order chi connectivity index (χ0) is 35.5. The number of nitrogens with one attached hydrogen (secondary N) is 1. The normalized spacial score (nSPS) is 18.8. The van der Waals surface area contributed by atoms with Crippen LogP contribution in [0.25, 0.3) is 17.0 Å². The summed E-state index contributed by atoms with van der Waals surface area (Å²) in [5.74, 6) is 0.622. The van der Waals surface area contributed by atoms with Gasteiger partial charge in [0.25, 0.3) is 0 Å². The minimum Gasteiger partial charge on any atom is -0.480 e. The Balaban J connectivity index is 1.13. The van der Waals surface area contributed by atoms with Gasteiger partial charge in [-0.1, -0.05) is 81.1 Å². The number of carbonyl (C=O) groups is 4. The first kappa shape index (κ1) is 36.4. The highest BCUT2D eigenvalue weighted by molar-refractivity contribution is 5.98. The van der Waals surface area contributed by atoms with Gasteiger partial charge in [-0.3, -0.25) is 19.2 Å². The molecule has 2 aromatic carbocycles. The molecule has 0 bridgehead atoms. The maximum absolute atomic E-state index is 13.0. The largest absolute Gasteiger partial charge is 0.480 e. The summed E-state index contributed by atoms with van der Waals surface area (Å²) in [6.07, 6.45) is 17.9. The Kier molecular flexibility index (Phi) is 12.9. The van der Waals surface area contributed by atoms with Crippen molar-refractivity contribution in [3.63, 3.8) is 0 Å². The molecule has 10 nitrogen and oxygen atoms in total. The Morgan fingerprint density at radius 1 is 0.860 bits per heavy atom. The molecule has 0 saturated heterocycles. The number of nitrogens with zero attached hydrogens (tertiary/aromatic N) is 4. The lowest BCUT2D eigenvalue weighted by Crippen LogP contribution is -2.45. The lowest BCUT2D eigenvalue weighted by atomic mass is 9.70. The van der Waals surface area contributed by atoms with E-state index < -0.39 is 30.9 Å². The molecule has 0 aliphatic heterocycles. The van der Waals surface area contributed by atoms with E-state index in [0.717, 1.165) is 47.3 Å². The molecule has 3 aromatic rings. The second kappa shape index (κ2) is 17.7. The first-order valence-corrected chi connectivity index (χ1v) is 17.9. The van der Waals surface area contributed by atoms with Gasteiger partial charge in [0.05, 0.1) is 6.54 Å². The number of benzene rings is 2. The number of aromatic nitrogens is 2. The van der Waals surface area contributed by atoms with E-state index in [2.05, 4.69) is 28.3 Å². The van der Waals surface area contributed by atoms with Crippen molar-refractivity contribution >= 4 is 35.0 Å². The van der Waals surface area contributed by atoms with Crippen molar-refractivity contribution in [2.24, 2.45) is 17.8 Å². The third-order valence-corrected chi connectivity index (χ3v) is 10.2. The average molecular weight is 680 g/mol.